The SMILES string of the molecule is CCOC(=O)CC(c1ccc(C)c(Cn2ccnc2CC2CCC(CC)CC2)c1)c1ccc(N(C)N)c(N)c1C. The lowest BCUT2D eigenvalue weighted by Gasteiger charge is -2.27. The molecule has 0 bridgehead atoms. The predicted octanol–water partition coefficient (Wildman–Crippen LogP) is 6.28. The van der Waals surface area contributed by atoms with Gasteiger partial charge < -0.3 is 20.0 Å². The maximum atomic E-state index is 12.8. The number of aromatic nitrogens is 2. The molecule has 2 aromatic carbocycles. The van der Waals surface area contributed by atoms with E-state index in [1.807, 2.05) is 32.2 Å². The number of nitrogens with zero attached hydrogens (tertiary/aromatic N) is 3. The van der Waals surface area contributed by atoms with Crippen LogP contribution in [-0.2, 0) is 22.5 Å². The van der Waals surface area contributed by atoms with E-state index < -0.39 is 0 Å². The Labute approximate surface area is 239 Å². The first kappa shape index (κ1) is 29.7. The van der Waals surface area contributed by atoms with E-state index in [0.717, 1.165) is 47.1 Å². The topological polar surface area (TPSA) is 99.4 Å². The number of nitrogens with two attached hydrogens (primary N) is 2. The average Bonchev–Trinajstić information content (AvgIpc) is 3.37. The molecule has 1 fully saturated rings. The summed E-state index contributed by atoms with van der Waals surface area (Å²) in [7, 11) is 1.77. The lowest BCUT2D eigenvalue weighted by molar-refractivity contribution is -0.143. The molecule has 1 aromatic heterocycles. The van der Waals surface area contributed by atoms with E-state index in [-0.39, 0.29) is 18.3 Å². The zero-order valence-corrected chi connectivity index (χ0v) is 25.0. The van der Waals surface area contributed by atoms with Crippen LogP contribution >= 0.6 is 0 Å². The van der Waals surface area contributed by atoms with Crippen molar-refractivity contribution < 1.29 is 9.53 Å². The molecule has 0 saturated heterocycles. The Hall–Kier alpha value is -3.32. The van der Waals surface area contributed by atoms with Gasteiger partial charge in [-0.05, 0) is 79.3 Å². The van der Waals surface area contributed by atoms with Crippen LogP contribution in [0.15, 0.2) is 42.7 Å². The summed E-state index contributed by atoms with van der Waals surface area (Å²) in [6.45, 7) is 9.41. The zero-order chi connectivity index (χ0) is 28.8. The molecular weight excluding hydrogens is 498 g/mol. The highest BCUT2D eigenvalue weighted by molar-refractivity contribution is 5.75. The smallest absolute Gasteiger partial charge is 0.306 e. The third-order valence-corrected chi connectivity index (χ3v) is 8.90. The van der Waals surface area contributed by atoms with Crippen molar-refractivity contribution in [3.8, 4) is 0 Å². The van der Waals surface area contributed by atoms with Gasteiger partial charge in [0.15, 0.2) is 0 Å². The molecule has 4 N–H and O–H groups in total. The van der Waals surface area contributed by atoms with E-state index in [2.05, 4.69) is 42.8 Å². The fourth-order valence-electron chi connectivity index (χ4n) is 6.25. The van der Waals surface area contributed by atoms with Gasteiger partial charge >= 0.3 is 5.97 Å². The third-order valence-electron chi connectivity index (χ3n) is 8.90. The molecule has 1 saturated carbocycles. The number of nitrogen functional groups attached to an aromatic ring is 1. The summed E-state index contributed by atoms with van der Waals surface area (Å²) in [6, 6.07) is 10.5. The third kappa shape index (κ3) is 6.87. The minimum absolute atomic E-state index is 0.186. The predicted molar refractivity (Wildman–Crippen MR) is 163 cm³/mol. The molecule has 1 atom stereocenters. The first-order chi connectivity index (χ1) is 19.2. The molecule has 216 valence electrons. The van der Waals surface area contributed by atoms with Crippen molar-refractivity contribution >= 4 is 17.3 Å². The number of hydrogen-bond acceptors (Lipinski definition) is 6. The summed E-state index contributed by atoms with van der Waals surface area (Å²) in [4.78, 5) is 17.5. The zero-order valence-electron chi connectivity index (χ0n) is 25.0. The second-order valence-corrected chi connectivity index (χ2v) is 11.5. The number of hydrazine groups is 1. The molecule has 1 aliphatic carbocycles. The number of hydrogen-bond donors (Lipinski definition) is 2. The van der Waals surface area contributed by atoms with Crippen molar-refractivity contribution in [2.45, 2.75) is 85.1 Å². The Morgan fingerprint density at radius 1 is 1.12 bits per heavy atom. The standard InChI is InChI=1S/C33H47N5O2/c1-6-24-9-11-25(12-10-24)18-31-36-16-17-38(31)21-27-19-26(13-8-22(27)3)29(20-32(39)40-7-2)28-14-15-30(37(5)35)33(34)23(28)4/h8,13-17,19,24-25,29H,6-7,9-12,18,20-21,34-35H2,1-5H3. The van der Waals surface area contributed by atoms with Gasteiger partial charge in [0.05, 0.1) is 24.4 Å². The van der Waals surface area contributed by atoms with Gasteiger partial charge in [0, 0.05) is 38.3 Å². The number of ether oxygens (including phenoxy) is 1. The maximum Gasteiger partial charge on any atom is 0.306 e. The monoisotopic (exact) mass is 545 g/mol. The van der Waals surface area contributed by atoms with Crippen LogP contribution < -0.4 is 16.6 Å². The van der Waals surface area contributed by atoms with Crippen molar-refractivity contribution in [2.24, 2.45) is 17.7 Å². The normalized spacial score (nSPS) is 17.9. The molecule has 3 aromatic rings. The number of aryl methyl sites for hydroxylation is 1. The summed E-state index contributed by atoms with van der Waals surface area (Å²) in [5.41, 5.74) is 13.3. The van der Waals surface area contributed by atoms with Crippen LogP contribution in [0.3, 0.4) is 0 Å². The van der Waals surface area contributed by atoms with Crippen LogP contribution in [0, 0.1) is 25.7 Å². The number of imidazole rings is 1. The van der Waals surface area contributed by atoms with Crippen LogP contribution in [0.4, 0.5) is 11.4 Å². The van der Waals surface area contributed by atoms with Crippen LogP contribution in [0.1, 0.15) is 91.9 Å². The molecule has 7 nitrogen and oxygen atoms in total. The molecule has 4 rings (SSSR count). The van der Waals surface area contributed by atoms with Crippen molar-refractivity contribution in [1.29, 1.82) is 0 Å². The number of esters is 1. The fourth-order valence-corrected chi connectivity index (χ4v) is 6.25. The van der Waals surface area contributed by atoms with Gasteiger partial charge in [-0.25, -0.2) is 10.8 Å². The molecule has 1 heterocycles. The highest BCUT2D eigenvalue weighted by Crippen LogP contribution is 2.37. The number of carbonyl (C=O) groups is 1. The van der Waals surface area contributed by atoms with Crippen molar-refractivity contribution in [3.63, 3.8) is 0 Å². The minimum Gasteiger partial charge on any atom is -0.466 e. The highest BCUT2D eigenvalue weighted by atomic mass is 16.5. The van der Waals surface area contributed by atoms with Crippen molar-refractivity contribution in [2.75, 3.05) is 24.4 Å². The minimum atomic E-state index is -0.220. The van der Waals surface area contributed by atoms with Gasteiger partial charge in [-0.3, -0.25) is 4.79 Å². The summed E-state index contributed by atoms with van der Waals surface area (Å²) in [5, 5.41) is 1.52. The van der Waals surface area contributed by atoms with E-state index in [0.29, 0.717) is 18.2 Å². The van der Waals surface area contributed by atoms with Crippen LogP contribution in [0.25, 0.3) is 0 Å². The maximum absolute atomic E-state index is 12.8. The lowest BCUT2D eigenvalue weighted by atomic mass is 9.79. The number of anilines is 2. The van der Waals surface area contributed by atoms with Gasteiger partial charge in [0.1, 0.15) is 5.82 Å². The van der Waals surface area contributed by atoms with E-state index in [9.17, 15) is 4.79 Å². The molecule has 0 spiro atoms. The first-order valence-corrected chi connectivity index (χ1v) is 14.8. The van der Waals surface area contributed by atoms with E-state index >= 15 is 0 Å². The Morgan fingerprint density at radius 2 is 1.85 bits per heavy atom. The van der Waals surface area contributed by atoms with Crippen molar-refractivity contribution in [1.82, 2.24) is 9.55 Å². The summed E-state index contributed by atoms with van der Waals surface area (Å²) in [5.74, 6) is 8.37. The fraction of sp³-hybridized carbons (Fsp3) is 0.515. The second kappa shape index (κ2) is 13.4. The number of rotatable bonds is 11. The number of carbonyl (C=O) groups excluding carboxylic acids is 1. The molecule has 40 heavy (non-hydrogen) atoms. The number of benzene rings is 2. The Kier molecular flexibility index (Phi) is 9.90. The molecule has 7 heteroatoms. The van der Waals surface area contributed by atoms with Gasteiger partial charge in [-0.2, -0.15) is 0 Å². The average molecular weight is 546 g/mol. The van der Waals surface area contributed by atoms with Gasteiger partial charge in [0.2, 0.25) is 0 Å². The molecular formula is C33H47N5O2. The Bertz CT molecular complexity index is 1290. The molecule has 0 radical (unpaired) electrons. The highest BCUT2D eigenvalue weighted by Gasteiger charge is 2.25. The second-order valence-electron chi connectivity index (χ2n) is 11.5. The van der Waals surface area contributed by atoms with E-state index in [1.165, 1.54) is 48.2 Å². The van der Waals surface area contributed by atoms with E-state index in [1.54, 1.807) is 7.05 Å². The largest absolute Gasteiger partial charge is 0.466 e. The van der Waals surface area contributed by atoms with Gasteiger partial charge in [-0.15, -0.1) is 0 Å². The summed E-state index contributed by atoms with van der Waals surface area (Å²) in [6.07, 6.45) is 11.9. The van der Waals surface area contributed by atoms with E-state index in [4.69, 9.17) is 21.3 Å². The summed E-state index contributed by atoms with van der Waals surface area (Å²) >= 11 is 0. The molecule has 0 amide bonds. The Balaban J connectivity index is 1.62. The van der Waals surface area contributed by atoms with Crippen LogP contribution in [0.5, 0.6) is 0 Å². The quantitative estimate of drug-likeness (QED) is 0.127. The Morgan fingerprint density at radius 3 is 2.52 bits per heavy atom. The molecule has 1 aliphatic rings. The van der Waals surface area contributed by atoms with Crippen molar-refractivity contribution in [3.05, 3.63) is 76.4 Å². The van der Waals surface area contributed by atoms with Crippen LogP contribution in [0.2, 0.25) is 0 Å². The van der Waals surface area contributed by atoms with Gasteiger partial charge in [-0.1, -0.05) is 50.5 Å². The summed E-state index contributed by atoms with van der Waals surface area (Å²) < 4.78 is 7.68. The first-order valence-electron chi connectivity index (χ1n) is 14.8. The van der Waals surface area contributed by atoms with Crippen LogP contribution in [-0.4, -0.2) is 29.2 Å². The molecule has 0 aliphatic heterocycles. The lowest BCUT2D eigenvalue weighted by Crippen LogP contribution is -2.26. The molecule has 1 unspecified atom stereocenters. The van der Waals surface area contributed by atoms with Gasteiger partial charge in [0.25, 0.3) is 0 Å².